The predicted molar refractivity (Wildman–Crippen MR) is 60.5 cm³/mol. The lowest BCUT2D eigenvalue weighted by Crippen LogP contribution is -2.27. The van der Waals surface area contributed by atoms with Crippen LogP contribution < -0.4 is 11.3 Å². The van der Waals surface area contributed by atoms with Crippen molar-refractivity contribution in [1.29, 1.82) is 0 Å². The van der Waals surface area contributed by atoms with E-state index in [-0.39, 0.29) is 6.04 Å². The number of rotatable bonds is 6. The van der Waals surface area contributed by atoms with E-state index in [2.05, 4.69) is 5.43 Å². The predicted octanol–water partition coefficient (Wildman–Crippen LogP) is 2.33. The number of hydrazine groups is 1. The third-order valence-electron chi connectivity index (χ3n) is 2.00. The molecule has 1 heterocycles. The molecule has 0 saturated heterocycles. The highest BCUT2D eigenvalue weighted by Gasteiger charge is 2.13. The summed E-state index contributed by atoms with van der Waals surface area (Å²) in [7, 11) is 1.70. The quantitative estimate of drug-likeness (QED) is 0.451. The van der Waals surface area contributed by atoms with E-state index in [9.17, 15) is 0 Å². The fourth-order valence-corrected chi connectivity index (χ4v) is 2.56. The molecule has 0 aliphatic heterocycles. The molecular weight excluding hydrogens is 220 g/mol. The van der Waals surface area contributed by atoms with E-state index in [1.165, 1.54) is 0 Å². The van der Waals surface area contributed by atoms with E-state index < -0.39 is 0 Å². The Labute approximate surface area is 93.2 Å². The van der Waals surface area contributed by atoms with Crippen LogP contribution in [0.1, 0.15) is 23.8 Å². The topological polar surface area (TPSA) is 47.3 Å². The van der Waals surface area contributed by atoms with Gasteiger partial charge in [0.1, 0.15) is 0 Å². The van der Waals surface area contributed by atoms with Gasteiger partial charge in [-0.2, -0.15) is 0 Å². The summed E-state index contributed by atoms with van der Waals surface area (Å²) < 4.78 is 4.99. The standard InChI is InChI=1S/C9H15ClN2OS/c1-13-5-2-3-8(12-11)9-7(10)4-6-14-9/h4,6,8,12H,2-3,5,11H2,1H3. The Hall–Kier alpha value is -0.130. The van der Waals surface area contributed by atoms with Gasteiger partial charge in [0.15, 0.2) is 0 Å². The monoisotopic (exact) mass is 234 g/mol. The van der Waals surface area contributed by atoms with Crippen LogP contribution in [0.3, 0.4) is 0 Å². The Bertz CT molecular complexity index is 267. The van der Waals surface area contributed by atoms with Crippen LogP contribution in [0.2, 0.25) is 5.02 Å². The Morgan fingerprint density at radius 2 is 2.50 bits per heavy atom. The van der Waals surface area contributed by atoms with Gasteiger partial charge in [-0.05, 0) is 24.3 Å². The minimum absolute atomic E-state index is 0.137. The molecule has 0 aliphatic rings. The molecule has 1 rings (SSSR count). The summed E-state index contributed by atoms with van der Waals surface area (Å²) in [6.45, 7) is 0.751. The van der Waals surface area contributed by atoms with Gasteiger partial charge in [-0.3, -0.25) is 11.3 Å². The fourth-order valence-electron chi connectivity index (χ4n) is 1.28. The Balaban J connectivity index is 2.50. The molecule has 1 unspecified atom stereocenters. The summed E-state index contributed by atoms with van der Waals surface area (Å²) in [5.41, 5.74) is 2.77. The summed E-state index contributed by atoms with van der Waals surface area (Å²) >= 11 is 7.63. The van der Waals surface area contributed by atoms with Gasteiger partial charge in [0.25, 0.3) is 0 Å². The normalized spacial score (nSPS) is 13.1. The molecule has 80 valence electrons. The fraction of sp³-hybridized carbons (Fsp3) is 0.556. The average molecular weight is 235 g/mol. The van der Waals surface area contributed by atoms with Crippen LogP contribution in [-0.2, 0) is 4.74 Å². The zero-order chi connectivity index (χ0) is 10.4. The molecule has 1 aromatic heterocycles. The first-order chi connectivity index (χ1) is 6.79. The number of methoxy groups -OCH3 is 1. The van der Waals surface area contributed by atoms with E-state index in [1.807, 2.05) is 11.4 Å². The van der Waals surface area contributed by atoms with Crippen LogP contribution in [0.15, 0.2) is 11.4 Å². The van der Waals surface area contributed by atoms with Gasteiger partial charge in [-0.1, -0.05) is 11.6 Å². The first-order valence-corrected chi connectivity index (χ1v) is 5.73. The highest BCUT2D eigenvalue weighted by molar-refractivity contribution is 7.10. The number of hydrogen-bond donors (Lipinski definition) is 2. The second-order valence-electron chi connectivity index (χ2n) is 2.99. The lowest BCUT2D eigenvalue weighted by atomic mass is 10.1. The van der Waals surface area contributed by atoms with Crippen molar-refractivity contribution in [1.82, 2.24) is 5.43 Å². The maximum absolute atomic E-state index is 6.01. The first-order valence-electron chi connectivity index (χ1n) is 4.47. The summed E-state index contributed by atoms with van der Waals surface area (Å²) in [5.74, 6) is 5.47. The molecule has 3 nitrogen and oxygen atoms in total. The summed E-state index contributed by atoms with van der Waals surface area (Å²) in [6, 6.07) is 2.03. The number of hydrogen-bond acceptors (Lipinski definition) is 4. The smallest absolute Gasteiger partial charge is 0.0569 e. The van der Waals surface area contributed by atoms with E-state index in [0.29, 0.717) is 0 Å². The van der Waals surface area contributed by atoms with Crippen LogP contribution in [0.4, 0.5) is 0 Å². The summed E-state index contributed by atoms with van der Waals surface area (Å²) in [4.78, 5) is 1.10. The van der Waals surface area contributed by atoms with Crippen molar-refractivity contribution >= 4 is 22.9 Å². The second kappa shape index (κ2) is 6.37. The highest BCUT2D eigenvalue weighted by atomic mass is 35.5. The molecule has 0 amide bonds. The SMILES string of the molecule is COCCCC(NN)c1sccc1Cl. The van der Waals surface area contributed by atoms with Crippen LogP contribution >= 0.6 is 22.9 Å². The minimum Gasteiger partial charge on any atom is -0.385 e. The molecule has 0 bridgehead atoms. The van der Waals surface area contributed by atoms with Crippen molar-refractivity contribution in [3.8, 4) is 0 Å². The van der Waals surface area contributed by atoms with Crippen molar-refractivity contribution in [2.75, 3.05) is 13.7 Å². The third kappa shape index (κ3) is 3.22. The van der Waals surface area contributed by atoms with Gasteiger partial charge in [-0.15, -0.1) is 11.3 Å². The Morgan fingerprint density at radius 3 is 3.00 bits per heavy atom. The lowest BCUT2D eigenvalue weighted by molar-refractivity contribution is 0.189. The third-order valence-corrected chi connectivity index (χ3v) is 3.48. The average Bonchev–Trinajstić information content (AvgIpc) is 2.60. The molecule has 0 aromatic carbocycles. The van der Waals surface area contributed by atoms with Crippen molar-refractivity contribution in [3.05, 3.63) is 21.3 Å². The van der Waals surface area contributed by atoms with Crippen molar-refractivity contribution in [2.45, 2.75) is 18.9 Å². The van der Waals surface area contributed by atoms with E-state index in [4.69, 9.17) is 22.2 Å². The lowest BCUT2D eigenvalue weighted by Gasteiger charge is -2.14. The Morgan fingerprint density at radius 1 is 1.71 bits per heavy atom. The van der Waals surface area contributed by atoms with Crippen molar-refractivity contribution < 1.29 is 4.74 Å². The number of nitrogens with one attached hydrogen (secondary N) is 1. The number of halogens is 1. The second-order valence-corrected chi connectivity index (χ2v) is 4.34. The molecule has 5 heteroatoms. The summed E-state index contributed by atoms with van der Waals surface area (Å²) in [6.07, 6.45) is 1.91. The molecule has 1 aromatic rings. The van der Waals surface area contributed by atoms with Gasteiger partial charge in [0.05, 0.1) is 11.1 Å². The number of ether oxygens (including phenoxy) is 1. The molecule has 3 N–H and O–H groups in total. The molecule has 0 spiro atoms. The molecule has 0 fully saturated rings. The molecule has 0 aliphatic carbocycles. The molecule has 14 heavy (non-hydrogen) atoms. The first kappa shape index (κ1) is 11.9. The van der Waals surface area contributed by atoms with E-state index >= 15 is 0 Å². The highest BCUT2D eigenvalue weighted by Crippen LogP contribution is 2.30. The van der Waals surface area contributed by atoms with Crippen molar-refractivity contribution in [2.24, 2.45) is 5.84 Å². The zero-order valence-electron chi connectivity index (χ0n) is 8.13. The molecular formula is C9H15ClN2OS. The molecule has 1 atom stereocenters. The maximum atomic E-state index is 6.01. The van der Waals surface area contributed by atoms with Crippen LogP contribution in [0, 0.1) is 0 Å². The van der Waals surface area contributed by atoms with Gasteiger partial charge in [0.2, 0.25) is 0 Å². The van der Waals surface area contributed by atoms with Gasteiger partial charge >= 0.3 is 0 Å². The maximum Gasteiger partial charge on any atom is 0.0569 e. The van der Waals surface area contributed by atoms with E-state index in [1.54, 1.807) is 18.4 Å². The van der Waals surface area contributed by atoms with Gasteiger partial charge in [-0.25, -0.2) is 0 Å². The van der Waals surface area contributed by atoms with Crippen LogP contribution in [0.25, 0.3) is 0 Å². The van der Waals surface area contributed by atoms with E-state index in [0.717, 1.165) is 29.3 Å². The largest absolute Gasteiger partial charge is 0.385 e. The molecule has 0 radical (unpaired) electrons. The number of nitrogens with two attached hydrogens (primary N) is 1. The Kier molecular flexibility index (Phi) is 5.44. The zero-order valence-corrected chi connectivity index (χ0v) is 9.70. The minimum atomic E-state index is 0.137. The molecule has 0 saturated carbocycles. The number of thiophene rings is 1. The van der Waals surface area contributed by atoms with Crippen LogP contribution in [-0.4, -0.2) is 13.7 Å². The van der Waals surface area contributed by atoms with Crippen molar-refractivity contribution in [3.63, 3.8) is 0 Å². The van der Waals surface area contributed by atoms with Crippen LogP contribution in [0.5, 0.6) is 0 Å². The summed E-state index contributed by atoms with van der Waals surface area (Å²) in [5, 5.41) is 2.76. The van der Waals surface area contributed by atoms with Gasteiger partial charge < -0.3 is 4.74 Å². The van der Waals surface area contributed by atoms with Gasteiger partial charge in [0, 0.05) is 18.6 Å².